The van der Waals surface area contributed by atoms with Crippen LogP contribution in [0.3, 0.4) is 0 Å². The van der Waals surface area contributed by atoms with Crippen molar-refractivity contribution < 1.29 is 0 Å². The van der Waals surface area contributed by atoms with Crippen molar-refractivity contribution >= 4 is 36.3 Å². The molecule has 0 aliphatic rings. The summed E-state index contributed by atoms with van der Waals surface area (Å²) in [5.41, 5.74) is 0. The Labute approximate surface area is 56.5 Å². The van der Waals surface area contributed by atoms with E-state index in [1.165, 1.54) is 0 Å². The summed E-state index contributed by atoms with van der Waals surface area (Å²) < 4.78 is 0. The zero-order valence-electron chi connectivity index (χ0n) is 3.75. The van der Waals surface area contributed by atoms with Crippen LogP contribution in [-0.4, -0.2) is 18.2 Å². The lowest BCUT2D eigenvalue weighted by molar-refractivity contribution is 1.57. The maximum Gasteiger partial charge on any atom is 0.618 e. The van der Waals surface area contributed by atoms with E-state index in [-0.39, 0.29) is 0 Å². The standard InChI is InChI=1S/C3H6.2ClH.Mg/c1-3-2;;;/h3H,1H2,2H3;2*1H;/q;;;+2/p-2. The SMILES string of the molecule is [CH2][CH]C.[Cl][Mg][Cl]. The highest BCUT2D eigenvalue weighted by atomic mass is 35.6. The van der Waals surface area contributed by atoms with Gasteiger partial charge in [0.05, 0.1) is 0 Å². The smallest absolute Gasteiger partial charge is 0.309 e. The highest BCUT2D eigenvalue weighted by Gasteiger charge is 1.64. The van der Waals surface area contributed by atoms with E-state index in [2.05, 4.69) is 6.92 Å². The Balaban J connectivity index is 0. The molecular formula is C3H6Cl2Mg. The van der Waals surface area contributed by atoms with Crippen LogP contribution < -0.4 is 0 Å². The quantitative estimate of drug-likeness (QED) is 0.448. The second-order valence-corrected chi connectivity index (χ2v) is 3.14. The number of hydrogen-bond donors (Lipinski definition) is 0. The van der Waals surface area contributed by atoms with Gasteiger partial charge in [0.15, 0.2) is 0 Å². The van der Waals surface area contributed by atoms with Crippen LogP contribution in [-0.2, 0) is 0 Å². The van der Waals surface area contributed by atoms with E-state index in [0.717, 1.165) is 0 Å². The maximum absolute atomic E-state index is 4.90. The van der Waals surface area contributed by atoms with Gasteiger partial charge in [-0.1, -0.05) is 13.8 Å². The molecule has 0 nitrogen and oxygen atoms in total. The van der Waals surface area contributed by atoms with Gasteiger partial charge in [-0.15, -0.1) is 0 Å². The summed E-state index contributed by atoms with van der Waals surface area (Å²) in [7, 11) is 9.81. The summed E-state index contributed by atoms with van der Waals surface area (Å²) in [5.74, 6) is 0. The third kappa shape index (κ3) is 55.7. The van der Waals surface area contributed by atoms with Crippen LogP contribution in [0.15, 0.2) is 0 Å². The third-order valence-corrected chi connectivity index (χ3v) is 0. The molecule has 0 saturated heterocycles. The lowest BCUT2D eigenvalue weighted by Crippen LogP contribution is -1.36. The van der Waals surface area contributed by atoms with Crippen molar-refractivity contribution in [2.24, 2.45) is 0 Å². The van der Waals surface area contributed by atoms with Crippen LogP contribution in [0.2, 0.25) is 0 Å². The van der Waals surface area contributed by atoms with Gasteiger partial charge in [0, 0.05) is 0 Å². The highest BCUT2D eigenvalue weighted by Crippen LogP contribution is 1.67. The second-order valence-electron chi connectivity index (χ2n) is 0.509. The first-order chi connectivity index (χ1) is 2.83. The summed E-state index contributed by atoms with van der Waals surface area (Å²) >= 11 is -0.639. The van der Waals surface area contributed by atoms with Gasteiger partial charge in [-0.05, 0) is 6.42 Å². The summed E-state index contributed by atoms with van der Waals surface area (Å²) in [6.45, 7) is 5.25. The molecule has 0 aliphatic heterocycles. The normalized spacial score (nSPS) is 4.67. The third-order valence-electron chi connectivity index (χ3n) is 0. The van der Waals surface area contributed by atoms with Gasteiger partial charge in [0.25, 0.3) is 0 Å². The average molecular weight is 137 g/mol. The molecule has 0 saturated carbocycles. The molecule has 0 heterocycles. The van der Waals surface area contributed by atoms with Crippen LogP contribution in [0, 0.1) is 13.3 Å². The monoisotopic (exact) mass is 136 g/mol. The molecular weight excluding hydrogens is 131 g/mol. The van der Waals surface area contributed by atoms with Gasteiger partial charge in [-0.25, -0.2) is 0 Å². The van der Waals surface area contributed by atoms with Gasteiger partial charge in [0.2, 0.25) is 0 Å². The predicted molar refractivity (Wildman–Crippen MR) is 32.8 cm³/mol. The summed E-state index contributed by atoms with van der Waals surface area (Å²) in [6, 6.07) is 0. The topological polar surface area (TPSA) is 0 Å². The van der Waals surface area contributed by atoms with Crippen LogP contribution >= 0.6 is 18.1 Å². The van der Waals surface area contributed by atoms with Gasteiger partial charge < -0.3 is 18.1 Å². The molecule has 0 aromatic rings. The summed E-state index contributed by atoms with van der Waals surface area (Å²) in [6.07, 6.45) is 1.75. The molecule has 0 aromatic carbocycles. The Morgan fingerprint density at radius 3 is 1.67 bits per heavy atom. The van der Waals surface area contributed by atoms with Crippen molar-refractivity contribution in [1.82, 2.24) is 0 Å². The molecule has 0 spiro atoms. The fraction of sp³-hybridized carbons (Fsp3) is 0.333. The van der Waals surface area contributed by atoms with Gasteiger partial charge in [-0.2, -0.15) is 0 Å². The van der Waals surface area contributed by atoms with E-state index in [1.54, 1.807) is 6.42 Å². The first-order valence-electron chi connectivity index (χ1n) is 1.52. The van der Waals surface area contributed by atoms with E-state index < -0.39 is 18.2 Å². The van der Waals surface area contributed by atoms with E-state index in [1.807, 2.05) is 6.92 Å². The predicted octanol–water partition coefficient (Wildman–Crippen LogP) is 2.04. The van der Waals surface area contributed by atoms with Gasteiger partial charge >= 0.3 is 18.2 Å². The Morgan fingerprint density at radius 2 is 1.67 bits per heavy atom. The molecule has 0 amide bonds. The molecule has 0 bridgehead atoms. The highest BCUT2D eigenvalue weighted by molar-refractivity contribution is 7.22. The molecule has 2 radical (unpaired) electrons. The van der Waals surface area contributed by atoms with Crippen molar-refractivity contribution in [2.45, 2.75) is 6.92 Å². The average Bonchev–Trinajstić information content (AvgIpc) is 1.39. The zero-order valence-corrected chi connectivity index (χ0v) is 6.67. The van der Waals surface area contributed by atoms with Gasteiger partial charge in [0.1, 0.15) is 0 Å². The molecule has 0 aromatic heterocycles. The Bertz CT molecular complexity index is 10.8. The van der Waals surface area contributed by atoms with E-state index in [0.29, 0.717) is 0 Å². The molecule has 0 unspecified atom stereocenters. The van der Waals surface area contributed by atoms with E-state index in [9.17, 15) is 0 Å². The molecule has 6 heavy (non-hydrogen) atoms. The van der Waals surface area contributed by atoms with Crippen molar-refractivity contribution in [2.75, 3.05) is 0 Å². The maximum atomic E-state index is 4.90. The largest absolute Gasteiger partial charge is 0.618 e. The lowest BCUT2D eigenvalue weighted by Gasteiger charge is -1.46. The minimum atomic E-state index is -0.639. The summed E-state index contributed by atoms with van der Waals surface area (Å²) in [4.78, 5) is 0. The molecule has 0 aliphatic carbocycles. The van der Waals surface area contributed by atoms with Crippen molar-refractivity contribution in [3.05, 3.63) is 13.3 Å². The molecule has 0 atom stereocenters. The number of hydrogen-bond acceptors (Lipinski definition) is 0. The van der Waals surface area contributed by atoms with Crippen molar-refractivity contribution in [1.29, 1.82) is 0 Å². The van der Waals surface area contributed by atoms with Crippen molar-refractivity contribution in [3.8, 4) is 0 Å². The van der Waals surface area contributed by atoms with E-state index >= 15 is 0 Å². The zero-order chi connectivity index (χ0) is 5.41. The van der Waals surface area contributed by atoms with Crippen LogP contribution in [0.25, 0.3) is 0 Å². The molecule has 0 rings (SSSR count). The summed E-state index contributed by atoms with van der Waals surface area (Å²) in [5, 5.41) is 0. The Hall–Kier alpha value is 1.35. The first-order valence-corrected chi connectivity index (χ1v) is 5.80. The molecule has 0 N–H and O–H groups in total. The fourth-order valence-electron chi connectivity index (χ4n) is 0. The minimum absolute atomic E-state index is 0.639. The Kier molecular flexibility index (Phi) is 27.9. The molecule has 0 fully saturated rings. The minimum Gasteiger partial charge on any atom is -0.309 e. The van der Waals surface area contributed by atoms with Gasteiger partial charge in [-0.3, -0.25) is 0 Å². The second kappa shape index (κ2) is 16.2. The van der Waals surface area contributed by atoms with Crippen LogP contribution in [0.5, 0.6) is 0 Å². The molecule has 34 valence electrons. The Morgan fingerprint density at radius 1 is 1.67 bits per heavy atom. The number of rotatable bonds is 0. The molecule has 3 heteroatoms. The van der Waals surface area contributed by atoms with E-state index in [4.69, 9.17) is 18.1 Å². The lowest BCUT2D eigenvalue weighted by atomic mass is 10.6. The fourth-order valence-corrected chi connectivity index (χ4v) is 0. The number of halogens is 2. The first kappa shape index (κ1) is 10.4. The van der Waals surface area contributed by atoms with Crippen molar-refractivity contribution in [3.63, 3.8) is 0 Å². The van der Waals surface area contributed by atoms with Crippen LogP contribution in [0.1, 0.15) is 6.92 Å². The van der Waals surface area contributed by atoms with Crippen LogP contribution in [0.4, 0.5) is 0 Å².